The number of nitrogens with one attached hydrogen (secondary N) is 2. The number of carbonyl (C=O) groups excluding carboxylic acids is 1. The highest BCUT2D eigenvalue weighted by molar-refractivity contribution is 5.94. The van der Waals surface area contributed by atoms with Gasteiger partial charge in [0, 0.05) is 17.8 Å². The first-order valence-corrected chi connectivity index (χ1v) is 9.72. The van der Waals surface area contributed by atoms with Gasteiger partial charge in [0.25, 0.3) is 5.91 Å². The molecule has 3 rings (SSSR count). The second-order valence-electron chi connectivity index (χ2n) is 6.93. The number of anilines is 1. The zero-order valence-electron chi connectivity index (χ0n) is 15.9. The minimum absolute atomic E-state index is 0.0512. The second kappa shape index (κ2) is 9.21. The number of hydrogen-bond acceptors (Lipinski definition) is 2. The van der Waals surface area contributed by atoms with Gasteiger partial charge in [-0.05, 0) is 67.0 Å². The van der Waals surface area contributed by atoms with Crippen LogP contribution in [0.4, 0.5) is 5.69 Å². The average Bonchev–Trinajstić information content (AvgIpc) is 2.71. The molecule has 0 unspecified atom stereocenters. The van der Waals surface area contributed by atoms with Crippen LogP contribution < -0.4 is 16.4 Å². The summed E-state index contributed by atoms with van der Waals surface area (Å²) in [5, 5.41) is 6.14. The fourth-order valence-electron chi connectivity index (χ4n) is 3.40. The van der Waals surface area contributed by atoms with Crippen LogP contribution in [0, 0.1) is 0 Å². The molecule has 142 valence electrons. The lowest BCUT2D eigenvalue weighted by molar-refractivity contribution is 0.0953. The molecule has 0 bridgehead atoms. The molecule has 1 aliphatic carbocycles. The Kier molecular flexibility index (Phi) is 6.47. The summed E-state index contributed by atoms with van der Waals surface area (Å²) in [4.78, 5) is 16.5. The fraction of sp³-hybridized carbons (Fsp3) is 0.364. The van der Waals surface area contributed by atoms with E-state index in [1.165, 1.54) is 24.0 Å². The predicted molar refractivity (Wildman–Crippen MR) is 111 cm³/mol. The number of benzene rings is 2. The van der Waals surface area contributed by atoms with Crippen LogP contribution in [-0.4, -0.2) is 18.4 Å². The fourth-order valence-corrected chi connectivity index (χ4v) is 3.40. The molecule has 2 aromatic carbocycles. The maximum atomic E-state index is 12.1. The quantitative estimate of drug-likeness (QED) is 0.541. The lowest BCUT2D eigenvalue weighted by Gasteiger charge is -2.19. The minimum atomic E-state index is -0.0512. The molecule has 0 saturated heterocycles. The van der Waals surface area contributed by atoms with Crippen LogP contribution in [0.3, 0.4) is 0 Å². The van der Waals surface area contributed by atoms with E-state index in [-0.39, 0.29) is 5.91 Å². The van der Waals surface area contributed by atoms with Crippen molar-refractivity contribution in [2.45, 2.75) is 45.6 Å². The first-order chi connectivity index (χ1) is 13.2. The zero-order valence-corrected chi connectivity index (χ0v) is 15.9. The van der Waals surface area contributed by atoms with Crippen molar-refractivity contribution in [1.82, 2.24) is 5.32 Å². The van der Waals surface area contributed by atoms with E-state index in [4.69, 9.17) is 5.73 Å². The third kappa shape index (κ3) is 5.09. The predicted octanol–water partition coefficient (Wildman–Crippen LogP) is 3.63. The van der Waals surface area contributed by atoms with Gasteiger partial charge >= 0.3 is 0 Å². The van der Waals surface area contributed by atoms with Crippen LogP contribution in [0.25, 0.3) is 0 Å². The van der Waals surface area contributed by atoms with Crippen LogP contribution in [0.1, 0.15) is 53.2 Å². The van der Waals surface area contributed by atoms with Gasteiger partial charge in [-0.2, -0.15) is 0 Å². The Hall–Kier alpha value is -2.82. The van der Waals surface area contributed by atoms with Crippen LogP contribution in [0.5, 0.6) is 0 Å². The van der Waals surface area contributed by atoms with E-state index in [1.807, 2.05) is 31.2 Å². The van der Waals surface area contributed by atoms with Gasteiger partial charge in [0.05, 0.1) is 6.54 Å². The summed E-state index contributed by atoms with van der Waals surface area (Å²) in [6.45, 7) is 3.15. The lowest BCUT2D eigenvalue weighted by atomic mass is 9.90. The molecule has 0 saturated carbocycles. The van der Waals surface area contributed by atoms with Crippen LogP contribution in [-0.2, 0) is 19.4 Å². The number of fused-ring (bicyclic) bond motifs is 1. The smallest absolute Gasteiger partial charge is 0.251 e. The SMILES string of the molecule is CCCNC(=O)c1cccc(CN=C(N)Nc2cccc3c2CCCC3)c1. The number of amides is 1. The molecular formula is C22H28N4O. The van der Waals surface area contributed by atoms with Gasteiger partial charge in [0.2, 0.25) is 0 Å². The normalized spacial score (nSPS) is 13.7. The van der Waals surface area contributed by atoms with E-state index in [0.717, 1.165) is 30.5 Å². The van der Waals surface area contributed by atoms with Crippen molar-refractivity contribution in [3.63, 3.8) is 0 Å². The van der Waals surface area contributed by atoms with Crippen molar-refractivity contribution in [3.8, 4) is 0 Å². The lowest BCUT2D eigenvalue weighted by Crippen LogP contribution is -2.24. The Labute approximate surface area is 161 Å². The molecule has 5 heteroatoms. The number of aryl methyl sites for hydroxylation is 1. The van der Waals surface area contributed by atoms with Gasteiger partial charge in [-0.15, -0.1) is 0 Å². The average molecular weight is 364 g/mol. The highest BCUT2D eigenvalue weighted by Crippen LogP contribution is 2.27. The van der Waals surface area contributed by atoms with E-state index in [1.54, 1.807) is 0 Å². The molecule has 5 nitrogen and oxygen atoms in total. The first-order valence-electron chi connectivity index (χ1n) is 9.72. The van der Waals surface area contributed by atoms with Crippen molar-refractivity contribution in [2.75, 3.05) is 11.9 Å². The van der Waals surface area contributed by atoms with Crippen molar-refractivity contribution in [2.24, 2.45) is 10.7 Å². The van der Waals surface area contributed by atoms with Crippen LogP contribution >= 0.6 is 0 Å². The molecule has 0 spiro atoms. The van der Waals surface area contributed by atoms with Gasteiger partial charge in [0.1, 0.15) is 0 Å². The summed E-state index contributed by atoms with van der Waals surface area (Å²) < 4.78 is 0. The third-order valence-electron chi connectivity index (χ3n) is 4.82. The molecule has 27 heavy (non-hydrogen) atoms. The van der Waals surface area contributed by atoms with Crippen LogP contribution in [0.15, 0.2) is 47.5 Å². The number of guanidine groups is 1. The summed E-state index contributed by atoms with van der Waals surface area (Å²) in [5.41, 5.74) is 11.5. The minimum Gasteiger partial charge on any atom is -0.370 e. The third-order valence-corrected chi connectivity index (χ3v) is 4.82. The Morgan fingerprint density at radius 3 is 2.81 bits per heavy atom. The molecule has 4 N–H and O–H groups in total. The van der Waals surface area contributed by atoms with Crippen molar-refractivity contribution >= 4 is 17.6 Å². The van der Waals surface area contributed by atoms with E-state index < -0.39 is 0 Å². The summed E-state index contributed by atoms with van der Waals surface area (Å²) in [5.74, 6) is 0.347. The summed E-state index contributed by atoms with van der Waals surface area (Å²) in [7, 11) is 0. The number of hydrogen-bond donors (Lipinski definition) is 3. The molecule has 2 aromatic rings. The van der Waals surface area contributed by atoms with E-state index in [2.05, 4.69) is 33.8 Å². The highest BCUT2D eigenvalue weighted by atomic mass is 16.1. The molecule has 0 heterocycles. The Morgan fingerprint density at radius 1 is 1.15 bits per heavy atom. The summed E-state index contributed by atoms with van der Waals surface area (Å²) >= 11 is 0. The molecule has 1 aliphatic rings. The molecule has 0 atom stereocenters. The Bertz CT molecular complexity index is 829. The van der Waals surface area contributed by atoms with Crippen molar-refractivity contribution in [3.05, 3.63) is 64.7 Å². The maximum Gasteiger partial charge on any atom is 0.251 e. The first kappa shape index (κ1) is 19.0. The number of nitrogens with two attached hydrogens (primary N) is 1. The molecular weight excluding hydrogens is 336 g/mol. The molecule has 0 aromatic heterocycles. The van der Waals surface area contributed by atoms with Gasteiger partial charge in [-0.25, -0.2) is 4.99 Å². The Morgan fingerprint density at radius 2 is 1.96 bits per heavy atom. The van der Waals surface area contributed by atoms with Crippen LogP contribution in [0.2, 0.25) is 0 Å². The monoisotopic (exact) mass is 364 g/mol. The largest absolute Gasteiger partial charge is 0.370 e. The number of carbonyl (C=O) groups is 1. The standard InChI is InChI=1S/C22H28N4O/c1-2-13-24-21(27)18-10-5-7-16(14-18)15-25-22(23)26-20-12-6-9-17-8-3-4-11-19(17)20/h5-7,9-10,12,14H,2-4,8,11,13,15H2,1H3,(H,24,27)(H3,23,25,26). The molecule has 1 amide bonds. The maximum absolute atomic E-state index is 12.1. The van der Waals surface area contributed by atoms with Gasteiger partial charge in [0.15, 0.2) is 5.96 Å². The summed E-state index contributed by atoms with van der Waals surface area (Å²) in [6, 6.07) is 13.8. The topological polar surface area (TPSA) is 79.5 Å². The van der Waals surface area contributed by atoms with Gasteiger partial charge in [-0.1, -0.05) is 31.2 Å². The number of rotatable bonds is 6. The van der Waals surface area contributed by atoms with E-state index >= 15 is 0 Å². The second-order valence-corrected chi connectivity index (χ2v) is 6.93. The molecule has 0 aliphatic heterocycles. The highest BCUT2D eigenvalue weighted by Gasteiger charge is 2.13. The van der Waals surface area contributed by atoms with Crippen molar-refractivity contribution in [1.29, 1.82) is 0 Å². The molecule has 0 fully saturated rings. The number of nitrogens with zero attached hydrogens (tertiary/aromatic N) is 1. The van der Waals surface area contributed by atoms with Gasteiger partial charge < -0.3 is 16.4 Å². The summed E-state index contributed by atoms with van der Waals surface area (Å²) in [6.07, 6.45) is 5.61. The Balaban J connectivity index is 1.65. The zero-order chi connectivity index (χ0) is 19.1. The van der Waals surface area contributed by atoms with Gasteiger partial charge in [-0.3, -0.25) is 4.79 Å². The number of aliphatic imine (C=N–C) groups is 1. The van der Waals surface area contributed by atoms with E-state index in [0.29, 0.717) is 24.6 Å². The van der Waals surface area contributed by atoms with Crippen molar-refractivity contribution < 1.29 is 4.79 Å². The molecule has 0 radical (unpaired) electrons. The van der Waals surface area contributed by atoms with E-state index in [9.17, 15) is 4.79 Å².